The molecular weight excluding hydrogens is 374 g/mol. The largest absolute Gasteiger partial charge is 0.354 e. The molecule has 0 spiro atoms. The smallest absolute Gasteiger partial charge is 0.253 e. The number of para-hydroxylation sites is 2. The van der Waals surface area contributed by atoms with Crippen LogP contribution in [0.15, 0.2) is 60.7 Å². The van der Waals surface area contributed by atoms with E-state index in [1.54, 1.807) is 0 Å². The highest BCUT2D eigenvalue weighted by atomic mass is 16.2. The first kappa shape index (κ1) is 18.2. The molecule has 1 amide bonds. The van der Waals surface area contributed by atoms with Gasteiger partial charge in [0.1, 0.15) is 11.9 Å². The van der Waals surface area contributed by atoms with Gasteiger partial charge in [0.25, 0.3) is 5.91 Å². The molecule has 1 aliphatic rings. The van der Waals surface area contributed by atoms with E-state index in [1.807, 2.05) is 66.4 Å². The Morgan fingerprint density at radius 1 is 1.00 bits per heavy atom. The number of carbonyl (C=O) groups excluding carboxylic acids is 1. The lowest BCUT2D eigenvalue weighted by Crippen LogP contribution is -2.49. The van der Waals surface area contributed by atoms with Crippen LogP contribution in [0.4, 0.5) is 5.82 Å². The minimum atomic E-state index is 0.0736. The fourth-order valence-electron chi connectivity index (χ4n) is 4.21. The molecule has 1 fully saturated rings. The second-order valence-corrected chi connectivity index (χ2v) is 7.58. The van der Waals surface area contributed by atoms with Gasteiger partial charge in [-0.15, -0.1) is 0 Å². The predicted molar refractivity (Wildman–Crippen MR) is 117 cm³/mol. The first-order valence-corrected chi connectivity index (χ1v) is 10.1. The quantitative estimate of drug-likeness (QED) is 0.520. The van der Waals surface area contributed by atoms with Crippen molar-refractivity contribution in [3.05, 3.63) is 77.4 Å². The normalized spacial score (nSPS) is 14.3. The van der Waals surface area contributed by atoms with E-state index in [4.69, 9.17) is 4.98 Å². The Morgan fingerprint density at radius 2 is 1.70 bits per heavy atom. The molecule has 3 heterocycles. The molecule has 148 valence electrons. The number of aryl methyl sites for hydroxylation is 1. The Morgan fingerprint density at radius 3 is 2.43 bits per heavy atom. The lowest BCUT2D eigenvalue weighted by Gasteiger charge is -2.36. The topological polar surface area (TPSA) is 64.6 Å². The summed E-state index contributed by atoms with van der Waals surface area (Å²) >= 11 is 0. The maximum atomic E-state index is 12.8. The van der Waals surface area contributed by atoms with Gasteiger partial charge in [0.05, 0.1) is 16.6 Å². The molecule has 6 heteroatoms. The van der Waals surface area contributed by atoms with Gasteiger partial charge in [0.15, 0.2) is 5.65 Å². The van der Waals surface area contributed by atoms with Crippen LogP contribution in [0.2, 0.25) is 0 Å². The Kier molecular flexibility index (Phi) is 4.36. The molecule has 0 N–H and O–H groups in total. The summed E-state index contributed by atoms with van der Waals surface area (Å²) in [5, 5.41) is 9.69. The molecule has 2 aromatic carbocycles. The standard InChI is InChI=1S/C24H21N5O/c1-17-15-22(29-21-10-6-5-9-20(21)26-23(29)19(17)16-25)27-11-13-28(14-12-27)24(30)18-7-3-2-4-8-18/h2-10,15H,11-14H2,1H3. The number of amides is 1. The minimum Gasteiger partial charge on any atom is -0.354 e. The molecule has 2 aromatic heterocycles. The van der Waals surface area contributed by atoms with Gasteiger partial charge in [-0.05, 0) is 42.8 Å². The number of fused-ring (bicyclic) bond motifs is 3. The summed E-state index contributed by atoms with van der Waals surface area (Å²) in [5.74, 6) is 1.09. The molecular formula is C24H21N5O. The second kappa shape index (κ2) is 7.20. The summed E-state index contributed by atoms with van der Waals surface area (Å²) in [6.45, 7) is 4.72. The molecule has 1 aliphatic heterocycles. The predicted octanol–water partition coefficient (Wildman–Crippen LogP) is 3.63. The number of rotatable bonds is 2. The van der Waals surface area contributed by atoms with Gasteiger partial charge in [-0.3, -0.25) is 9.20 Å². The molecule has 0 atom stereocenters. The number of benzene rings is 2. The summed E-state index contributed by atoms with van der Waals surface area (Å²) in [6.07, 6.45) is 0. The monoisotopic (exact) mass is 395 g/mol. The number of imidazole rings is 1. The number of hydrogen-bond donors (Lipinski definition) is 0. The van der Waals surface area contributed by atoms with Crippen LogP contribution < -0.4 is 4.90 Å². The van der Waals surface area contributed by atoms with E-state index in [-0.39, 0.29) is 5.91 Å². The number of piperazine rings is 1. The Bertz CT molecular complexity index is 1290. The van der Waals surface area contributed by atoms with Crippen LogP contribution in [0.3, 0.4) is 0 Å². The zero-order valence-corrected chi connectivity index (χ0v) is 16.7. The third-order valence-corrected chi connectivity index (χ3v) is 5.78. The van der Waals surface area contributed by atoms with Gasteiger partial charge >= 0.3 is 0 Å². The van der Waals surface area contributed by atoms with Crippen LogP contribution in [-0.2, 0) is 0 Å². The average molecular weight is 395 g/mol. The first-order chi connectivity index (χ1) is 14.7. The van der Waals surface area contributed by atoms with Crippen molar-refractivity contribution in [3.8, 4) is 6.07 Å². The maximum absolute atomic E-state index is 12.8. The second-order valence-electron chi connectivity index (χ2n) is 7.58. The number of hydrogen-bond acceptors (Lipinski definition) is 4. The van der Waals surface area contributed by atoms with Gasteiger partial charge in [-0.2, -0.15) is 5.26 Å². The zero-order valence-electron chi connectivity index (χ0n) is 16.7. The molecule has 30 heavy (non-hydrogen) atoms. The number of aromatic nitrogens is 2. The molecule has 1 saturated heterocycles. The van der Waals surface area contributed by atoms with E-state index < -0.39 is 0 Å². The van der Waals surface area contributed by atoms with Crippen LogP contribution in [0.1, 0.15) is 21.5 Å². The van der Waals surface area contributed by atoms with E-state index in [0.29, 0.717) is 24.3 Å². The molecule has 6 nitrogen and oxygen atoms in total. The summed E-state index contributed by atoms with van der Waals surface area (Å²) in [5.41, 5.74) is 4.80. The minimum absolute atomic E-state index is 0.0736. The Labute approximate surface area is 174 Å². The Balaban J connectivity index is 1.50. The van der Waals surface area contributed by atoms with Crippen LogP contribution >= 0.6 is 0 Å². The molecule has 0 radical (unpaired) electrons. The lowest BCUT2D eigenvalue weighted by atomic mass is 10.1. The first-order valence-electron chi connectivity index (χ1n) is 10.1. The fraction of sp³-hybridized carbons (Fsp3) is 0.208. The SMILES string of the molecule is Cc1cc(N2CCN(C(=O)c3ccccc3)CC2)n2c(nc3ccccc32)c1C#N. The van der Waals surface area contributed by atoms with Gasteiger partial charge < -0.3 is 9.80 Å². The third kappa shape index (κ3) is 2.87. The van der Waals surface area contributed by atoms with Crippen molar-refractivity contribution in [2.24, 2.45) is 0 Å². The van der Waals surface area contributed by atoms with Crippen LogP contribution in [0.25, 0.3) is 16.7 Å². The number of carbonyl (C=O) groups is 1. The number of pyridine rings is 1. The van der Waals surface area contributed by atoms with Gasteiger partial charge in [0.2, 0.25) is 0 Å². The summed E-state index contributed by atoms with van der Waals surface area (Å²) < 4.78 is 2.08. The molecule has 4 aromatic rings. The number of nitriles is 1. The average Bonchev–Trinajstić information content (AvgIpc) is 3.18. The van der Waals surface area contributed by atoms with Gasteiger partial charge in [-0.1, -0.05) is 30.3 Å². The van der Waals surface area contributed by atoms with Crippen molar-refractivity contribution in [1.82, 2.24) is 14.3 Å². The van der Waals surface area contributed by atoms with Crippen molar-refractivity contribution in [2.45, 2.75) is 6.92 Å². The number of nitrogens with zero attached hydrogens (tertiary/aromatic N) is 5. The van der Waals surface area contributed by atoms with E-state index in [2.05, 4.69) is 21.4 Å². The number of anilines is 1. The van der Waals surface area contributed by atoms with E-state index in [9.17, 15) is 10.1 Å². The van der Waals surface area contributed by atoms with Crippen LogP contribution in [0, 0.1) is 18.3 Å². The van der Waals surface area contributed by atoms with Gasteiger partial charge in [0, 0.05) is 31.7 Å². The van der Waals surface area contributed by atoms with E-state index in [1.165, 1.54) is 0 Å². The summed E-state index contributed by atoms with van der Waals surface area (Å²) in [4.78, 5) is 21.7. The summed E-state index contributed by atoms with van der Waals surface area (Å²) in [6, 6.07) is 21.8. The summed E-state index contributed by atoms with van der Waals surface area (Å²) in [7, 11) is 0. The maximum Gasteiger partial charge on any atom is 0.253 e. The van der Waals surface area contributed by atoms with Crippen molar-refractivity contribution in [3.63, 3.8) is 0 Å². The highest BCUT2D eigenvalue weighted by Crippen LogP contribution is 2.29. The van der Waals surface area contributed by atoms with E-state index in [0.717, 1.165) is 41.1 Å². The molecule has 0 aliphatic carbocycles. The highest BCUT2D eigenvalue weighted by molar-refractivity contribution is 5.94. The third-order valence-electron chi connectivity index (χ3n) is 5.78. The Hall–Kier alpha value is -3.85. The fourth-order valence-corrected chi connectivity index (χ4v) is 4.21. The van der Waals surface area contributed by atoms with Crippen LogP contribution in [-0.4, -0.2) is 46.4 Å². The van der Waals surface area contributed by atoms with Gasteiger partial charge in [-0.25, -0.2) is 4.98 Å². The van der Waals surface area contributed by atoms with Crippen molar-refractivity contribution in [2.75, 3.05) is 31.1 Å². The zero-order chi connectivity index (χ0) is 20.7. The molecule has 0 unspecified atom stereocenters. The van der Waals surface area contributed by atoms with Crippen LogP contribution in [0.5, 0.6) is 0 Å². The molecule has 0 bridgehead atoms. The van der Waals surface area contributed by atoms with E-state index >= 15 is 0 Å². The highest BCUT2D eigenvalue weighted by Gasteiger charge is 2.25. The molecule has 5 rings (SSSR count). The van der Waals surface area contributed by atoms with Crippen molar-refractivity contribution < 1.29 is 4.79 Å². The van der Waals surface area contributed by atoms with Crippen molar-refractivity contribution in [1.29, 1.82) is 5.26 Å². The lowest BCUT2D eigenvalue weighted by molar-refractivity contribution is 0.0746. The van der Waals surface area contributed by atoms with Crippen molar-refractivity contribution >= 4 is 28.4 Å². The molecule has 0 saturated carbocycles.